The predicted molar refractivity (Wildman–Crippen MR) is 118 cm³/mol. The maximum atomic E-state index is 13.1. The number of thioether (sulfide) groups is 1. The molecule has 1 unspecified atom stereocenters. The number of para-hydroxylation sites is 1. The lowest BCUT2D eigenvalue weighted by atomic mass is 10.2. The third kappa shape index (κ3) is 4.06. The minimum atomic E-state index is -0.587. The molecule has 3 aromatic rings. The third-order valence-corrected chi connectivity index (χ3v) is 6.10. The first kappa shape index (κ1) is 20.4. The smallest absolute Gasteiger partial charge is 0.294 e. The molecular formula is C21H20ClN5O2S. The summed E-state index contributed by atoms with van der Waals surface area (Å²) in [5.41, 5.74) is 2.40. The van der Waals surface area contributed by atoms with Crippen molar-refractivity contribution in [3.05, 3.63) is 70.8 Å². The largest absolute Gasteiger partial charge is 0.324 e. The Kier molecular flexibility index (Phi) is 5.78. The lowest BCUT2D eigenvalue weighted by Gasteiger charge is -2.21. The minimum absolute atomic E-state index is 0.0447. The Labute approximate surface area is 183 Å². The summed E-state index contributed by atoms with van der Waals surface area (Å²) in [5, 5.41) is 7.78. The average molecular weight is 442 g/mol. The van der Waals surface area contributed by atoms with Crippen molar-refractivity contribution in [2.24, 2.45) is 0 Å². The zero-order chi connectivity index (χ0) is 21.3. The summed E-state index contributed by atoms with van der Waals surface area (Å²) in [6.45, 7) is 3.72. The van der Waals surface area contributed by atoms with Crippen LogP contribution in [0.1, 0.15) is 22.0 Å². The van der Waals surface area contributed by atoms with Gasteiger partial charge in [0.05, 0.1) is 16.6 Å². The number of hydrogen-bond acceptors (Lipinski definition) is 5. The molecule has 30 heavy (non-hydrogen) atoms. The lowest BCUT2D eigenvalue weighted by molar-refractivity contribution is -0.119. The SMILES string of the molecule is Cc1cccc(NC(=O)C2CSCN2C(=O)c2nc(C)n(-c3ccccc3Cl)n2)c1. The molecule has 1 atom stereocenters. The molecule has 0 saturated carbocycles. The lowest BCUT2D eigenvalue weighted by Crippen LogP contribution is -2.44. The topological polar surface area (TPSA) is 80.1 Å². The fraction of sp³-hybridized carbons (Fsp3) is 0.238. The summed E-state index contributed by atoms with van der Waals surface area (Å²) in [7, 11) is 0. The van der Waals surface area contributed by atoms with Gasteiger partial charge in [-0.3, -0.25) is 9.59 Å². The fourth-order valence-electron chi connectivity index (χ4n) is 3.27. The highest BCUT2D eigenvalue weighted by molar-refractivity contribution is 7.99. The minimum Gasteiger partial charge on any atom is -0.324 e. The molecule has 1 aromatic heterocycles. The van der Waals surface area contributed by atoms with E-state index in [4.69, 9.17) is 11.6 Å². The number of benzene rings is 2. The number of nitrogens with one attached hydrogen (secondary N) is 1. The number of aromatic nitrogens is 3. The van der Waals surface area contributed by atoms with Gasteiger partial charge in [-0.1, -0.05) is 35.9 Å². The molecule has 7 nitrogen and oxygen atoms in total. The zero-order valence-electron chi connectivity index (χ0n) is 16.5. The highest BCUT2D eigenvalue weighted by Gasteiger charge is 2.37. The summed E-state index contributed by atoms with van der Waals surface area (Å²) < 4.78 is 1.54. The van der Waals surface area contributed by atoms with Gasteiger partial charge in [0.15, 0.2) is 0 Å². The molecule has 2 aromatic carbocycles. The molecule has 0 bridgehead atoms. The van der Waals surface area contributed by atoms with E-state index in [0.717, 1.165) is 5.56 Å². The Bertz CT molecular complexity index is 1120. The van der Waals surface area contributed by atoms with E-state index in [-0.39, 0.29) is 17.6 Å². The number of rotatable bonds is 4. The van der Waals surface area contributed by atoms with E-state index in [0.29, 0.717) is 33.9 Å². The van der Waals surface area contributed by atoms with Crippen LogP contribution in [-0.4, -0.2) is 49.2 Å². The molecule has 2 amide bonds. The summed E-state index contributed by atoms with van der Waals surface area (Å²) >= 11 is 7.79. The average Bonchev–Trinajstić information content (AvgIpc) is 3.35. The van der Waals surface area contributed by atoms with Crippen LogP contribution in [0.25, 0.3) is 5.69 Å². The molecule has 1 aliphatic rings. The monoisotopic (exact) mass is 441 g/mol. The highest BCUT2D eigenvalue weighted by atomic mass is 35.5. The van der Waals surface area contributed by atoms with Crippen molar-refractivity contribution in [2.75, 3.05) is 16.9 Å². The quantitative estimate of drug-likeness (QED) is 0.667. The Balaban J connectivity index is 1.55. The first-order chi connectivity index (χ1) is 14.4. The number of aryl methyl sites for hydroxylation is 2. The molecule has 2 heterocycles. The number of nitrogens with zero attached hydrogens (tertiary/aromatic N) is 4. The van der Waals surface area contributed by atoms with Crippen LogP contribution in [0.15, 0.2) is 48.5 Å². The van der Waals surface area contributed by atoms with Crippen molar-refractivity contribution < 1.29 is 9.59 Å². The zero-order valence-corrected chi connectivity index (χ0v) is 18.1. The summed E-state index contributed by atoms with van der Waals surface area (Å²) in [5.74, 6) is 0.916. The molecule has 0 aliphatic carbocycles. The van der Waals surface area contributed by atoms with Crippen molar-refractivity contribution in [3.63, 3.8) is 0 Å². The van der Waals surface area contributed by atoms with E-state index in [1.165, 1.54) is 16.7 Å². The molecule has 1 N–H and O–H groups in total. The predicted octanol–water partition coefficient (Wildman–Crippen LogP) is 3.69. The molecule has 4 rings (SSSR count). The van der Waals surface area contributed by atoms with Gasteiger partial charge in [0.2, 0.25) is 11.7 Å². The first-order valence-electron chi connectivity index (χ1n) is 9.39. The van der Waals surface area contributed by atoms with Gasteiger partial charge in [-0.05, 0) is 43.7 Å². The maximum absolute atomic E-state index is 13.1. The molecule has 9 heteroatoms. The summed E-state index contributed by atoms with van der Waals surface area (Å²) in [4.78, 5) is 31.8. The van der Waals surface area contributed by atoms with Crippen molar-refractivity contribution in [1.29, 1.82) is 0 Å². The molecular weight excluding hydrogens is 422 g/mol. The van der Waals surface area contributed by atoms with Gasteiger partial charge >= 0.3 is 0 Å². The van der Waals surface area contributed by atoms with Crippen LogP contribution >= 0.6 is 23.4 Å². The number of carbonyl (C=O) groups is 2. The maximum Gasteiger partial charge on any atom is 0.294 e. The van der Waals surface area contributed by atoms with E-state index < -0.39 is 6.04 Å². The Morgan fingerprint density at radius 1 is 1.17 bits per heavy atom. The standard InChI is InChI=1S/C21H20ClN5O2S/c1-13-6-5-7-15(10-13)24-20(28)18-11-30-12-26(18)21(29)19-23-14(2)27(25-19)17-9-4-3-8-16(17)22/h3-10,18H,11-12H2,1-2H3,(H,24,28). The van der Waals surface area contributed by atoms with Crippen LogP contribution in [0.5, 0.6) is 0 Å². The van der Waals surface area contributed by atoms with Crippen molar-refractivity contribution >= 4 is 40.9 Å². The second-order valence-electron chi connectivity index (χ2n) is 7.00. The number of carbonyl (C=O) groups excluding carboxylic acids is 2. The van der Waals surface area contributed by atoms with Crippen LogP contribution in [-0.2, 0) is 4.79 Å². The second kappa shape index (κ2) is 8.49. The Hall–Kier alpha value is -2.84. The second-order valence-corrected chi connectivity index (χ2v) is 8.40. The van der Waals surface area contributed by atoms with Crippen LogP contribution in [0.2, 0.25) is 5.02 Å². The highest BCUT2D eigenvalue weighted by Crippen LogP contribution is 2.25. The van der Waals surface area contributed by atoms with Crippen LogP contribution in [0, 0.1) is 13.8 Å². The van der Waals surface area contributed by atoms with E-state index in [1.54, 1.807) is 17.7 Å². The van der Waals surface area contributed by atoms with E-state index in [9.17, 15) is 9.59 Å². The molecule has 1 aliphatic heterocycles. The van der Waals surface area contributed by atoms with Gasteiger partial charge in [-0.25, -0.2) is 9.67 Å². The molecule has 154 valence electrons. The number of halogens is 1. The van der Waals surface area contributed by atoms with Crippen molar-refractivity contribution in [2.45, 2.75) is 19.9 Å². The Morgan fingerprint density at radius 3 is 2.73 bits per heavy atom. The molecule has 1 saturated heterocycles. The molecule has 1 fully saturated rings. The van der Waals surface area contributed by atoms with Crippen LogP contribution in [0.3, 0.4) is 0 Å². The van der Waals surface area contributed by atoms with Gasteiger partial charge in [-0.15, -0.1) is 16.9 Å². The van der Waals surface area contributed by atoms with Gasteiger partial charge in [0.25, 0.3) is 5.91 Å². The van der Waals surface area contributed by atoms with Crippen molar-refractivity contribution in [1.82, 2.24) is 19.7 Å². The van der Waals surface area contributed by atoms with Crippen LogP contribution < -0.4 is 5.32 Å². The fourth-order valence-corrected chi connectivity index (χ4v) is 4.64. The number of anilines is 1. The Morgan fingerprint density at radius 2 is 1.97 bits per heavy atom. The summed E-state index contributed by atoms with van der Waals surface area (Å²) in [6, 6.07) is 14.2. The number of amides is 2. The van der Waals surface area contributed by atoms with Gasteiger partial charge < -0.3 is 10.2 Å². The summed E-state index contributed by atoms with van der Waals surface area (Å²) in [6.07, 6.45) is 0. The van der Waals surface area contributed by atoms with E-state index in [2.05, 4.69) is 15.4 Å². The van der Waals surface area contributed by atoms with E-state index in [1.807, 2.05) is 49.4 Å². The third-order valence-electron chi connectivity index (χ3n) is 4.77. The number of hydrogen-bond donors (Lipinski definition) is 1. The van der Waals surface area contributed by atoms with E-state index >= 15 is 0 Å². The van der Waals surface area contributed by atoms with Gasteiger partial charge in [-0.2, -0.15) is 0 Å². The van der Waals surface area contributed by atoms with Gasteiger partial charge in [0.1, 0.15) is 11.9 Å². The molecule has 0 radical (unpaired) electrons. The van der Waals surface area contributed by atoms with Gasteiger partial charge in [0, 0.05) is 11.4 Å². The normalized spacial score (nSPS) is 16.0. The molecule has 0 spiro atoms. The van der Waals surface area contributed by atoms with Crippen molar-refractivity contribution in [3.8, 4) is 5.69 Å². The first-order valence-corrected chi connectivity index (χ1v) is 10.9. The van der Waals surface area contributed by atoms with Crippen LogP contribution in [0.4, 0.5) is 5.69 Å².